The fourth-order valence-electron chi connectivity index (χ4n) is 2.08. The van der Waals surface area contributed by atoms with Gasteiger partial charge in [-0.3, -0.25) is 9.89 Å². The zero-order chi connectivity index (χ0) is 12.6. The molecule has 1 aliphatic heterocycles. The van der Waals surface area contributed by atoms with Crippen LogP contribution in [-0.4, -0.2) is 34.8 Å². The predicted molar refractivity (Wildman–Crippen MR) is 55.8 cm³/mol. The minimum Gasteiger partial charge on any atom is -0.306 e. The van der Waals surface area contributed by atoms with E-state index in [0.717, 1.165) is 17.8 Å². The Kier molecular flexibility index (Phi) is 3.03. The Morgan fingerprint density at radius 1 is 1.35 bits per heavy atom. The van der Waals surface area contributed by atoms with Gasteiger partial charge in [-0.15, -0.1) is 0 Å². The Hall–Kier alpha value is -1.24. The third-order valence-corrected chi connectivity index (χ3v) is 3.10. The molecule has 0 unspecified atom stereocenters. The molecule has 0 amide bonds. The second-order valence-electron chi connectivity index (χ2n) is 4.41. The highest BCUT2D eigenvalue weighted by Gasteiger charge is 2.34. The second-order valence-corrected chi connectivity index (χ2v) is 4.41. The summed E-state index contributed by atoms with van der Waals surface area (Å²) >= 11 is 0. The number of likely N-dealkylation sites (tertiary alicyclic amines) is 1. The fourth-order valence-corrected chi connectivity index (χ4v) is 2.08. The Labute approximate surface area is 96.0 Å². The first-order valence-electron chi connectivity index (χ1n) is 5.45. The molecule has 0 spiro atoms. The van der Waals surface area contributed by atoms with Crippen molar-refractivity contribution in [2.45, 2.75) is 25.1 Å². The number of aromatic nitrogens is 2. The number of H-pyrrole nitrogens is 1. The van der Waals surface area contributed by atoms with Gasteiger partial charge in [-0.1, -0.05) is 0 Å². The number of nitrogens with zero attached hydrogens (tertiary/aromatic N) is 2. The molecular weight excluding hydrogens is 235 g/mol. The van der Waals surface area contributed by atoms with E-state index < -0.39 is 17.4 Å². The Balaban J connectivity index is 2.22. The maximum atomic E-state index is 12.4. The molecule has 1 aromatic rings. The summed E-state index contributed by atoms with van der Waals surface area (Å²) in [6.07, 6.45) is -3.11. The summed E-state index contributed by atoms with van der Waals surface area (Å²) in [7, 11) is 1.95. The van der Waals surface area contributed by atoms with Crippen LogP contribution in [0, 0.1) is 0 Å². The molecule has 1 fully saturated rings. The molecule has 0 saturated carbocycles. The van der Waals surface area contributed by atoms with Gasteiger partial charge in [-0.25, -0.2) is 4.68 Å². The molecule has 4 nitrogen and oxygen atoms in total. The highest BCUT2D eigenvalue weighted by molar-refractivity contribution is 5.04. The largest absolute Gasteiger partial charge is 0.432 e. The predicted octanol–water partition coefficient (Wildman–Crippen LogP) is 1.46. The number of piperidine rings is 1. The van der Waals surface area contributed by atoms with E-state index >= 15 is 0 Å². The van der Waals surface area contributed by atoms with Crippen LogP contribution < -0.4 is 5.56 Å². The summed E-state index contributed by atoms with van der Waals surface area (Å²) in [6.45, 7) is 1.58. The average Bonchev–Trinajstić information content (AvgIpc) is 2.61. The number of alkyl halides is 3. The van der Waals surface area contributed by atoms with Crippen molar-refractivity contribution >= 4 is 0 Å². The molecule has 2 rings (SSSR count). The van der Waals surface area contributed by atoms with E-state index in [4.69, 9.17) is 0 Å². The van der Waals surface area contributed by atoms with Crippen LogP contribution in [0.4, 0.5) is 13.2 Å². The minimum atomic E-state index is -4.49. The molecule has 2 heterocycles. The summed E-state index contributed by atoms with van der Waals surface area (Å²) in [4.78, 5) is 13.6. The van der Waals surface area contributed by atoms with Gasteiger partial charge in [-0.05, 0) is 33.0 Å². The third kappa shape index (κ3) is 2.54. The van der Waals surface area contributed by atoms with Crippen LogP contribution >= 0.6 is 0 Å². The number of hydrogen-bond donors (Lipinski definition) is 1. The maximum absolute atomic E-state index is 12.4. The summed E-state index contributed by atoms with van der Waals surface area (Å²) in [6, 6.07) is 0.466. The van der Waals surface area contributed by atoms with Gasteiger partial charge in [0.25, 0.3) is 5.56 Å². The Morgan fingerprint density at radius 2 is 1.94 bits per heavy atom. The molecule has 1 N–H and O–H groups in total. The smallest absolute Gasteiger partial charge is 0.306 e. The highest BCUT2D eigenvalue weighted by Crippen LogP contribution is 2.27. The molecule has 0 radical (unpaired) electrons. The normalized spacial score (nSPS) is 19.8. The molecule has 1 saturated heterocycles. The summed E-state index contributed by atoms with van der Waals surface area (Å²) in [5.41, 5.74) is -1.58. The monoisotopic (exact) mass is 249 g/mol. The van der Waals surface area contributed by atoms with E-state index in [1.807, 2.05) is 7.05 Å². The third-order valence-electron chi connectivity index (χ3n) is 3.10. The molecule has 0 atom stereocenters. The van der Waals surface area contributed by atoms with E-state index in [1.165, 1.54) is 0 Å². The summed E-state index contributed by atoms with van der Waals surface area (Å²) in [5, 5.41) is 2.17. The molecule has 7 heteroatoms. The van der Waals surface area contributed by atoms with E-state index in [2.05, 4.69) is 10.00 Å². The SMILES string of the molecule is CN1CCC(n2[nH]c(C(F)(F)F)cc2=O)CC1. The lowest BCUT2D eigenvalue weighted by Crippen LogP contribution is -2.34. The summed E-state index contributed by atoms with van der Waals surface area (Å²) < 4.78 is 38.4. The van der Waals surface area contributed by atoms with Gasteiger partial charge in [0.15, 0.2) is 0 Å². The van der Waals surface area contributed by atoms with Crippen LogP contribution in [0.1, 0.15) is 24.6 Å². The van der Waals surface area contributed by atoms with Gasteiger partial charge >= 0.3 is 6.18 Å². The van der Waals surface area contributed by atoms with Crippen LogP contribution in [0.15, 0.2) is 10.9 Å². The minimum absolute atomic E-state index is 0.158. The topological polar surface area (TPSA) is 41.0 Å². The van der Waals surface area contributed by atoms with E-state index in [-0.39, 0.29) is 6.04 Å². The number of nitrogens with one attached hydrogen (secondary N) is 1. The van der Waals surface area contributed by atoms with Crippen molar-refractivity contribution in [3.8, 4) is 0 Å². The van der Waals surface area contributed by atoms with E-state index in [1.54, 1.807) is 0 Å². The lowest BCUT2D eigenvalue weighted by molar-refractivity contribution is -0.141. The lowest BCUT2D eigenvalue weighted by Gasteiger charge is -2.29. The molecule has 0 aliphatic carbocycles. The summed E-state index contributed by atoms with van der Waals surface area (Å²) in [5.74, 6) is 0. The first-order valence-corrected chi connectivity index (χ1v) is 5.45. The van der Waals surface area contributed by atoms with Gasteiger partial charge in [0.2, 0.25) is 0 Å². The Morgan fingerprint density at radius 3 is 2.41 bits per heavy atom. The first kappa shape index (κ1) is 12.2. The maximum Gasteiger partial charge on any atom is 0.432 e. The van der Waals surface area contributed by atoms with Gasteiger partial charge in [0.1, 0.15) is 5.69 Å². The van der Waals surface area contributed by atoms with Crippen molar-refractivity contribution in [3.63, 3.8) is 0 Å². The number of aromatic amines is 1. The van der Waals surface area contributed by atoms with Gasteiger partial charge < -0.3 is 4.90 Å². The quantitative estimate of drug-likeness (QED) is 0.818. The van der Waals surface area contributed by atoms with Gasteiger partial charge in [0, 0.05) is 6.07 Å². The van der Waals surface area contributed by atoms with Crippen LogP contribution in [0.25, 0.3) is 0 Å². The van der Waals surface area contributed by atoms with Gasteiger partial charge in [-0.2, -0.15) is 13.2 Å². The lowest BCUT2D eigenvalue weighted by atomic mass is 10.1. The molecule has 96 valence electrons. The molecule has 1 aliphatic rings. The van der Waals surface area contributed by atoms with Crippen molar-refractivity contribution in [2.24, 2.45) is 0 Å². The highest BCUT2D eigenvalue weighted by atomic mass is 19.4. The number of halogens is 3. The van der Waals surface area contributed by atoms with Crippen molar-refractivity contribution in [1.82, 2.24) is 14.7 Å². The van der Waals surface area contributed by atoms with Crippen molar-refractivity contribution in [2.75, 3.05) is 20.1 Å². The first-order chi connectivity index (χ1) is 7.88. The second kappa shape index (κ2) is 4.21. The van der Waals surface area contributed by atoms with Crippen molar-refractivity contribution < 1.29 is 13.2 Å². The molecular formula is C10H14F3N3O. The zero-order valence-corrected chi connectivity index (χ0v) is 9.42. The molecule has 0 bridgehead atoms. The molecule has 1 aromatic heterocycles. The van der Waals surface area contributed by atoms with Crippen LogP contribution in [0.3, 0.4) is 0 Å². The number of rotatable bonds is 1. The van der Waals surface area contributed by atoms with Crippen LogP contribution in [0.5, 0.6) is 0 Å². The van der Waals surface area contributed by atoms with E-state index in [9.17, 15) is 18.0 Å². The van der Waals surface area contributed by atoms with Crippen molar-refractivity contribution in [1.29, 1.82) is 0 Å². The zero-order valence-electron chi connectivity index (χ0n) is 9.42. The Bertz CT molecular complexity index is 440. The van der Waals surface area contributed by atoms with E-state index in [0.29, 0.717) is 18.9 Å². The van der Waals surface area contributed by atoms with Crippen LogP contribution in [0.2, 0.25) is 0 Å². The van der Waals surface area contributed by atoms with Crippen molar-refractivity contribution in [3.05, 3.63) is 22.1 Å². The standard InChI is InChI=1S/C10H14F3N3O/c1-15-4-2-7(3-5-15)16-9(17)6-8(14-16)10(11,12)13/h6-7,14H,2-5H2,1H3. The van der Waals surface area contributed by atoms with Crippen LogP contribution in [-0.2, 0) is 6.18 Å². The average molecular weight is 249 g/mol. The van der Waals surface area contributed by atoms with Gasteiger partial charge in [0.05, 0.1) is 6.04 Å². The fraction of sp³-hybridized carbons (Fsp3) is 0.700. The molecule has 0 aromatic carbocycles. The number of hydrogen-bond acceptors (Lipinski definition) is 2. The molecule has 17 heavy (non-hydrogen) atoms.